The van der Waals surface area contributed by atoms with Crippen molar-refractivity contribution in [3.8, 4) is 11.5 Å². The van der Waals surface area contributed by atoms with Gasteiger partial charge in [-0.1, -0.05) is 11.6 Å². The number of nitrogens with one attached hydrogen (secondary N) is 2. The summed E-state index contributed by atoms with van der Waals surface area (Å²) in [5, 5.41) is 15.1. The normalized spacial score (nSPS) is 11.3. The number of fused-ring (bicyclic) bond motifs is 3. The van der Waals surface area contributed by atoms with Gasteiger partial charge in [-0.25, -0.2) is 5.43 Å². The Hall–Kier alpha value is -3.91. The molecule has 9 heteroatoms. The molecule has 156 valence electrons. The topological polar surface area (TPSA) is 117 Å². The third-order valence-electron chi connectivity index (χ3n) is 4.81. The van der Waals surface area contributed by atoms with Gasteiger partial charge in [0.05, 0.1) is 18.8 Å². The van der Waals surface area contributed by atoms with Crippen molar-refractivity contribution >= 4 is 45.5 Å². The third-order valence-corrected chi connectivity index (χ3v) is 5.01. The average molecular weight is 437 g/mol. The highest BCUT2D eigenvalue weighted by atomic mass is 35.5. The smallest absolute Gasteiger partial charge is 0.276 e. The Morgan fingerprint density at radius 2 is 2.10 bits per heavy atom. The Labute approximate surface area is 181 Å². The number of ether oxygens (including phenoxy) is 1. The zero-order valence-electron chi connectivity index (χ0n) is 16.6. The van der Waals surface area contributed by atoms with E-state index in [1.54, 1.807) is 30.3 Å². The van der Waals surface area contributed by atoms with Gasteiger partial charge in [0, 0.05) is 22.5 Å². The molecule has 0 fully saturated rings. The first kappa shape index (κ1) is 20.4. The highest BCUT2D eigenvalue weighted by Crippen LogP contribution is 2.27. The third kappa shape index (κ3) is 3.80. The van der Waals surface area contributed by atoms with E-state index in [9.17, 15) is 14.7 Å². The number of nitrogens with zero attached hydrogens (tertiary/aromatic N) is 2. The number of amides is 1. The van der Waals surface area contributed by atoms with Crippen molar-refractivity contribution in [3.63, 3.8) is 0 Å². The van der Waals surface area contributed by atoms with Gasteiger partial charge in [0.15, 0.2) is 11.5 Å². The maximum atomic E-state index is 12.9. The largest absolute Gasteiger partial charge is 0.504 e. The van der Waals surface area contributed by atoms with Crippen LogP contribution in [0.5, 0.6) is 11.5 Å². The van der Waals surface area contributed by atoms with Gasteiger partial charge in [-0.3, -0.25) is 14.6 Å². The van der Waals surface area contributed by atoms with Gasteiger partial charge in [0.1, 0.15) is 10.7 Å². The number of H-pyrrole nitrogens is 1. The number of benzene rings is 2. The molecule has 0 radical (unpaired) electrons. The van der Waals surface area contributed by atoms with Crippen LogP contribution in [0.4, 0.5) is 0 Å². The quantitative estimate of drug-likeness (QED) is 0.196. The highest BCUT2D eigenvalue weighted by Gasteiger charge is 2.16. The molecule has 3 N–H and O–H groups in total. The summed E-state index contributed by atoms with van der Waals surface area (Å²) in [6, 6.07) is 9.70. The van der Waals surface area contributed by atoms with Gasteiger partial charge in [0.25, 0.3) is 5.91 Å². The molecule has 0 saturated carbocycles. The predicted octanol–water partition coefficient (Wildman–Crippen LogP) is 3.52. The number of carbonyl (C=O) groups is 1. The number of halogens is 1. The minimum atomic E-state index is -0.680. The second-order valence-corrected chi connectivity index (χ2v) is 7.22. The van der Waals surface area contributed by atoms with E-state index in [2.05, 4.69) is 20.5 Å². The van der Waals surface area contributed by atoms with Gasteiger partial charge < -0.3 is 14.8 Å². The van der Waals surface area contributed by atoms with Gasteiger partial charge in [-0.15, -0.1) is 0 Å². The standard InChI is InChI=1S/C22H17ClN4O4/c1-11-7-18(23)26-15-5-4-13-20(19(11)15)24-10-14(21(13)29)22(30)27-25-9-12-3-6-16(28)17(8-12)31-2/h3-10,26,28H,1-2H3,(H,27,30). The van der Waals surface area contributed by atoms with Crippen molar-refractivity contribution in [3.05, 3.63) is 74.7 Å². The molecule has 0 spiro atoms. The average Bonchev–Trinajstić information content (AvgIpc) is 2.74. The first-order chi connectivity index (χ1) is 14.9. The fourth-order valence-corrected chi connectivity index (χ4v) is 3.60. The molecule has 1 amide bonds. The van der Waals surface area contributed by atoms with E-state index in [-0.39, 0.29) is 17.1 Å². The van der Waals surface area contributed by atoms with Crippen LogP contribution in [0.25, 0.3) is 21.8 Å². The Balaban J connectivity index is 1.65. The number of hydrazone groups is 1. The lowest BCUT2D eigenvalue weighted by molar-refractivity contribution is 0.0954. The zero-order valence-corrected chi connectivity index (χ0v) is 17.3. The number of hydrogen-bond donors (Lipinski definition) is 3. The summed E-state index contributed by atoms with van der Waals surface area (Å²) in [6.07, 6.45) is 2.61. The number of phenolic OH excluding ortho intramolecular Hbond substituents is 1. The highest BCUT2D eigenvalue weighted by molar-refractivity contribution is 6.30. The number of phenols is 1. The number of aryl methyl sites for hydroxylation is 1. The molecule has 0 aliphatic heterocycles. The molecule has 4 rings (SSSR count). The molecule has 0 aliphatic carbocycles. The van der Waals surface area contributed by atoms with E-state index in [1.165, 1.54) is 25.6 Å². The Morgan fingerprint density at radius 1 is 1.29 bits per heavy atom. The number of pyridine rings is 2. The van der Waals surface area contributed by atoms with Gasteiger partial charge in [-0.2, -0.15) is 5.10 Å². The van der Waals surface area contributed by atoms with Crippen LogP contribution in [-0.2, 0) is 0 Å². The van der Waals surface area contributed by atoms with Gasteiger partial charge in [0.2, 0.25) is 5.43 Å². The number of rotatable bonds is 4. The maximum Gasteiger partial charge on any atom is 0.276 e. The lowest BCUT2D eigenvalue weighted by Gasteiger charge is -2.08. The van der Waals surface area contributed by atoms with Crippen molar-refractivity contribution in [2.45, 2.75) is 6.92 Å². The Morgan fingerprint density at radius 3 is 2.87 bits per heavy atom. The van der Waals surface area contributed by atoms with E-state index in [0.717, 1.165) is 16.5 Å². The predicted molar refractivity (Wildman–Crippen MR) is 119 cm³/mol. The van der Waals surface area contributed by atoms with Crippen LogP contribution >= 0.6 is 11.6 Å². The summed E-state index contributed by atoms with van der Waals surface area (Å²) >= 11 is 6.07. The van der Waals surface area contributed by atoms with Crippen molar-refractivity contribution in [2.24, 2.45) is 5.10 Å². The SMILES string of the molecule is COc1cc(C=NNC(=O)c2cnc3c(ccc4[nH]c(Cl)cc(C)c43)c2=O)ccc1O. The fourth-order valence-electron chi connectivity index (χ4n) is 3.33. The van der Waals surface area contributed by atoms with Crippen molar-refractivity contribution < 1.29 is 14.6 Å². The van der Waals surface area contributed by atoms with E-state index in [0.29, 0.717) is 21.6 Å². The van der Waals surface area contributed by atoms with E-state index < -0.39 is 11.3 Å². The fraction of sp³-hybridized carbons (Fsp3) is 0.0909. The summed E-state index contributed by atoms with van der Waals surface area (Å²) in [4.78, 5) is 32.8. The number of aromatic nitrogens is 2. The Bertz CT molecular complexity index is 1430. The summed E-state index contributed by atoms with van der Waals surface area (Å²) in [5.41, 5.74) is 4.45. The van der Waals surface area contributed by atoms with Crippen LogP contribution in [0, 0.1) is 6.92 Å². The molecule has 0 unspecified atom stereocenters. The number of hydrogen-bond acceptors (Lipinski definition) is 6. The first-order valence-corrected chi connectivity index (χ1v) is 9.58. The summed E-state index contributed by atoms with van der Waals surface area (Å²) in [6.45, 7) is 1.88. The second kappa shape index (κ2) is 8.08. The van der Waals surface area contributed by atoms with Crippen LogP contribution in [0.3, 0.4) is 0 Å². The maximum absolute atomic E-state index is 12.9. The lowest BCUT2D eigenvalue weighted by atomic mass is 10.0. The lowest BCUT2D eigenvalue weighted by Crippen LogP contribution is -2.25. The van der Waals surface area contributed by atoms with E-state index in [4.69, 9.17) is 16.3 Å². The van der Waals surface area contributed by atoms with Crippen LogP contribution in [0.15, 0.2) is 52.5 Å². The van der Waals surface area contributed by atoms with Crippen molar-refractivity contribution in [2.75, 3.05) is 7.11 Å². The number of aromatic amines is 1. The van der Waals surface area contributed by atoms with Crippen molar-refractivity contribution in [1.29, 1.82) is 0 Å². The molecule has 2 heterocycles. The monoisotopic (exact) mass is 436 g/mol. The molecule has 2 aromatic heterocycles. The molecule has 0 bridgehead atoms. The minimum Gasteiger partial charge on any atom is -0.504 e. The van der Waals surface area contributed by atoms with Gasteiger partial charge in [-0.05, 0) is 54.4 Å². The van der Waals surface area contributed by atoms with Crippen LogP contribution in [0.1, 0.15) is 21.5 Å². The molecule has 2 aromatic carbocycles. The summed E-state index contributed by atoms with van der Waals surface area (Å²) in [5.74, 6) is -0.415. The molecule has 8 nitrogen and oxygen atoms in total. The molecule has 0 atom stereocenters. The second-order valence-electron chi connectivity index (χ2n) is 6.82. The molecule has 0 saturated heterocycles. The van der Waals surface area contributed by atoms with Crippen LogP contribution in [0.2, 0.25) is 5.15 Å². The summed E-state index contributed by atoms with van der Waals surface area (Å²) in [7, 11) is 1.43. The molecular weight excluding hydrogens is 420 g/mol. The number of methoxy groups -OCH3 is 1. The van der Waals surface area contributed by atoms with Crippen LogP contribution < -0.4 is 15.6 Å². The summed E-state index contributed by atoms with van der Waals surface area (Å²) < 4.78 is 5.03. The zero-order chi connectivity index (χ0) is 22.1. The molecule has 0 aliphatic rings. The van der Waals surface area contributed by atoms with Crippen molar-refractivity contribution in [1.82, 2.24) is 15.4 Å². The minimum absolute atomic E-state index is 0.00967. The number of carbonyl (C=O) groups excluding carboxylic acids is 1. The van der Waals surface area contributed by atoms with Gasteiger partial charge >= 0.3 is 0 Å². The van der Waals surface area contributed by atoms with E-state index >= 15 is 0 Å². The molecular formula is C22H17ClN4O4. The molecule has 4 aromatic rings. The number of aromatic hydroxyl groups is 1. The molecule has 31 heavy (non-hydrogen) atoms. The Kier molecular flexibility index (Phi) is 5.31. The first-order valence-electron chi connectivity index (χ1n) is 9.20. The van der Waals surface area contributed by atoms with Crippen LogP contribution in [-0.4, -0.2) is 34.3 Å². The van der Waals surface area contributed by atoms with E-state index in [1.807, 2.05) is 6.92 Å².